The highest BCUT2D eigenvalue weighted by atomic mass is 15.3. The predicted octanol–water partition coefficient (Wildman–Crippen LogP) is 2.20. The van der Waals surface area contributed by atoms with Crippen molar-refractivity contribution in [3.63, 3.8) is 0 Å². The van der Waals surface area contributed by atoms with Crippen molar-refractivity contribution in [1.29, 1.82) is 0 Å². The molecule has 1 fully saturated rings. The Morgan fingerprint density at radius 1 is 1.53 bits per heavy atom. The number of nitrogens with two attached hydrogens (primary N) is 1. The molecule has 1 saturated carbocycles. The molecule has 1 aliphatic carbocycles. The largest absolute Gasteiger partial charge is 0.370 e. The van der Waals surface area contributed by atoms with Gasteiger partial charge in [-0.15, -0.1) is 0 Å². The standard InChI is InChI=1S/C14H25N5/c1-2-3-9-16-14(15)17-11-12-8-10-19(18-12)13-6-4-5-7-13/h8,10,13H,2-7,9,11H2,1H3,(H3,15,16,17). The van der Waals surface area contributed by atoms with E-state index < -0.39 is 0 Å². The average molecular weight is 263 g/mol. The fourth-order valence-electron chi connectivity index (χ4n) is 2.45. The van der Waals surface area contributed by atoms with Crippen LogP contribution in [0.4, 0.5) is 0 Å². The van der Waals surface area contributed by atoms with Crippen LogP contribution in [0.5, 0.6) is 0 Å². The first-order valence-corrected chi connectivity index (χ1v) is 7.37. The zero-order valence-corrected chi connectivity index (χ0v) is 11.8. The van der Waals surface area contributed by atoms with Crippen molar-refractivity contribution in [1.82, 2.24) is 15.1 Å². The van der Waals surface area contributed by atoms with Gasteiger partial charge in [-0.3, -0.25) is 4.68 Å². The summed E-state index contributed by atoms with van der Waals surface area (Å²) in [5, 5.41) is 7.70. The summed E-state index contributed by atoms with van der Waals surface area (Å²) in [6.45, 7) is 3.61. The summed E-state index contributed by atoms with van der Waals surface area (Å²) in [5.41, 5.74) is 6.79. The number of aromatic nitrogens is 2. The Balaban J connectivity index is 1.80. The number of nitrogens with one attached hydrogen (secondary N) is 1. The number of guanidine groups is 1. The molecule has 1 aliphatic rings. The second kappa shape index (κ2) is 7.16. The van der Waals surface area contributed by atoms with Crippen LogP contribution in [0.3, 0.4) is 0 Å². The molecule has 5 heteroatoms. The van der Waals surface area contributed by atoms with Crippen molar-refractivity contribution in [2.24, 2.45) is 10.7 Å². The minimum absolute atomic E-state index is 0.517. The van der Waals surface area contributed by atoms with Gasteiger partial charge >= 0.3 is 0 Å². The van der Waals surface area contributed by atoms with E-state index in [9.17, 15) is 0 Å². The van der Waals surface area contributed by atoms with Crippen LogP contribution in [0, 0.1) is 0 Å². The highest BCUT2D eigenvalue weighted by molar-refractivity contribution is 5.77. The van der Waals surface area contributed by atoms with Gasteiger partial charge in [-0.1, -0.05) is 26.2 Å². The Bertz CT molecular complexity index is 404. The lowest BCUT2D eigenvalue weighted by molar-refractivity contribution is 0.463. The molecular weight excluding hydrogens is 238 g/mol. The Kier molecular flexibility index (Phi) is 5.24. The lowest BCUT2D eigenvalue weighted by Gasteiger charge is -2.08. The van der Waals surface area contributed by atoms with Gasteiger partial charge in [0.05, 0.1) is 18.3 Å². The smallest absolute Gasteiger partial charge is 0.188 e. The minimum Gasteiger partial charge on any atom is -0.370 e. The summed E-state index contributed by atoms with van der Waals surface area (Å²) >= 11 is 0. The molecule has 1 aromatic heterocycles. The van der Waals surface area contributed by atoms with Crippen molar-refractivity contribution in [3.05, 3.63) is 18.0 Å². The summed E-state index contributed by atoms with van der Waals surface area (Å²) in [4.78, 5) is 4.31. The molecule has 0 unspecified atom stereocenters. The van der Waals surface area contributed by atoms with Crippen molar-refractivity contribution in [2.75, 3.05) is 6.54 Å². The Labute approximate surface area is 115 Å². The first kappa shape index (κ1) is 13.9. The molecule has 0 spiro atoms. The van der Waals surface area contributed by atoms with Gasteiger partial charge in [-0.05, 0) is 25.3 Å². The first-order chi connectivity index (χ1) is 9.29. The van der Waals surface area contributed by atoms with Crippen molar-refractivity contribution in [3.8, 4) is 0 Å². The molecule has 5 nitrogen and oxygen atoms in total. The zero-order valence-electron chi connectivity index (χ0n) is 11.8. The molecule has 0 saturated heterocycles. The van der Waals surface area contributed by atoms with Gasteiger partial charge in [0, 0.05) is 12.7 Å². The van der Waals surface area contributed by atoms with E-state index in [2.05, 4.69) is 33.2 Å². The number of aliphatic imine (C=N–C) groups is 1. The normalized spacial score (nSPS) is 17.0. The maximum absolute atomic E-state index is 5.80. The Morgan fingerprint density at radius 2 is 2.32 bits per heavy atom. The number of rotatable bonds is 6. The molecule has 0 aromatic carbocycles. The molecule has 0 atom stereocenters. The van der Waals surface area contributed by atoms with Gasteiger partial charge in [0.25, 0.3) is 0 Å². The maximum Gasteiger partial charge on any atom is 0.188 e. The highest BCUT2D eigenvalue weighted by Gasteiger charge is 2.17. The first-order valence-electron chi connectivity index (χ1n) is 7.37. The zero-order chi connectivity index (χ0) is 13.5. The van der Waals surface area contributed by atoms with Crippen LogP contribution in [-0.4, -0.2) is 22.3 Å². The topological polar surface area (TPSA) is 68.2 Å². The molecule has 0 aliphatic heterocycles. The van der Waals surface area contributed by atoms with Crippen LogP contribution >= 0.6 is 0 Å². The van der Waals surface area contributed by atoms with Gasteiger partial charge in [0.1, 0.15) is 0 Å². The molecule has 1 aromatic rings. The van der Waals surface area contributed by atoms with E-state index in [1.54, 1.807) is 0 Å². The van der Waals surface area contributed by atoms with Gasteiger partial charge in [-0.2, -0.15) is 5.10 Å². The van der Waals surface area contributed by atoms with Crippen LogP contribution in [0.2, 0.25) is 0 Å². The van der Waals surface area contributed by atoms with Crippen molar-refractivity contribution >= 4 is 5.96 Å². The van der Waals surface area contributed by atoms with E-state index in [1.165, 1.54) is 25.7 Å². The molecule has 2 rings (SSSR count). The van der Waals surface area contributed by atoms with Crippen LogP contribution < -0.4 is 11.1 Å². The summed E-state index contributed by atoms with van der Waals surface area (Å²) < 4.78 is 2.10. The summed E-state index contributed by atoms with van der Waals surface area (Å²) in [7, 11) is 0. The molecule has 3 N–H and O–H groups in total. The fourth-order valence-corrected chi connectivity index (χ4v) is 2.45. The van der Waals surface area contributed by atoms with Crippen LogP contribution in [0.1, 0.15) is 57.2 Å². The van der Waals surface area contributed by atoms with Gasteiger partial charge in [0.15, 0.2) is 5.96 Å². The molecule has 1 heterocycles. The van der Waals surface area contributed by atoms with Crippen molar-refractivity contribution < 1.29 is 0 Å². The van der Waals surface area contributed by atoms with E-state index in [4.69, 9.17) is 5.73 Å². The summed E-state index contributed by atoms with van der Waals surface area (Å²) in [6.07, 6.45) is 9.51. The molecule has 0 bridgehead atoms. The van der Waals surface area contributed by atoms with Crippen LogP contribution in [0.25, 0.3) is 0 Å². The van der Waals surface area contributed by atoms with E-state index >= 15 is 0 Å². The molecular formula is C14H25N5. The predicted molar refractivity (Wildman–Crippen MR) is 78.0 cm³/mol. The number of unbranched alkanes of at least 4 members (excludes halogenated alkanes) is 1. The maximum atomic E-state index is 5.80. The highest BCUT2D eigenvalue weighted by Crippen LogP contribution is 2.28. The molecule has 106 valence electrons. The summed E-state index contributed by atoms with van der Waals surface area (Å²) in [5.74, 6) is 0.517. The van der Waals surface area contributed by atoms with E-state index in [0.29, 0.717) is 18.5 Å². The second-order valence-corrected chi connectivity index (χ2v) is 5.21. The van der Waals surface area contributed by atoms with E-state index in [1.807, 2.05) is 6.07 Å². The Morgan fingerprint density at radius 3 is 3.05 bits per heavy atom. The Hall–Kier alpha value is -1.52. The van der Waals surface area contributed by atoms with E-state index in [-0.39, 0.29) is 0 Å². The lowest BCUT2D eigenvalue weighted by Crippen LogP contribution is -2.32. The average Bonchev–Trinajstić information content (AvgIpc) is 3.07. The van der Waals surface area contributed by atoms with Gasteiger partial charge in [-0.25, -0.2) is 4.99 Å². The molecule has 19 heavy (non-hydrogen) atoms. The third kappa shape index (κ3) is 4.26. The third-order valence-electron chi connectivity index (χ3n) is 3.61. The summed E-state index contributed by atoms with van der Waals surface area (Å²) in [6, 6.07) is 2.64. The second-order valence-electron chi connectivity index (χ2n) is 5.21. The molecule has 0 radical (unpaired) electrons. The minimum atomic E-state index is 0.517. The van der Waals surface area contributed by atoms with Crippen molar-refractivity contribution in [2.45, 2.75) is 58.0 Å². The number of nitrogens with zero attached hydrogens (tertiary/aromatic N) is 3. The number of hydrogen-bond acceptors (Lipinski definition) is 2. The number of hydrogen-bond donors (Lipinski definition) is 2. The van der Waals surface area contributed by atoms with Crippen LogP contribution in [0.15, 0.2) is 17.3 Å². The SMILES string of the molecule is CCCCNC(N)=NCc1ccn(C2CCCC2)n1. The lowest BCUT2D eigenvalue weighted by atomic mass is 10.3. The van der Waals surface area contributed by atoms with Gasteiger partial charge in [0.2, 0.25) is 0 Å². The quantitative estimate of drug-likeness (QED) is 0.470. The fraction of sp³-hybridized carbons (Fsp3) is 0.714. The van der Waals surface area contributed by atoms with E-state index in [0.717, 1.165) is 25.1 Å². The monoisotopic (exact) mass is 263 g/mol. The molecule has 0 amide bonds. The third-order valence-corrected chi connectivity index (χ3v) is 3.61. The van der Waals surface area contributed by atoms with Crippen LogP contribution in [-0.2, 0) is 6.54 Å². The van der Waals surface area contributed by atoms with Gasteiger partial charge < -0.3 is 11.1 Å².